The summed E-state index contributed by atoms with van der Waals surface area (Å²) in [6.07, 6.45) is 1.65. The first kappa shape index (κ1) is 26.0. The van der Waals surface area contributed by atoms with E-state index in [1.165, 1.54) is 4.90 Å². The number of carbonyl (C=O) groups is 3. The molecule has 0 unspecified atom stereocenters. The molecule has 1 aliphatic heterocycles. The Morgan fingerprint density at radius 1 is 0.946 bits per heavy atom. The van der Waals surface area contributed by atoms with E-state index in [1.54, 1.807) is 30.3 Å². The molecule has 190 valence electrons. The van der Waals surface area contributed by atoms with Crippen LogP contribution in [0.5, 0.6) is 11.5 Å². The molecule has 0 radical (unpaired) electrons. The van der Waals surface area contributed by atoms with Crippen molar-refractivity contribution >= 4 is 40.6 Å². The molecule has 4 rings (SSSR count). The van der Waals surface area contributed by atoms with Gasteiger partial charge in [0.1, 0.15) is 18.1 Å². The Morgan fingerprint density at radius 3 is 2.57 bits per heavy atom. The molecule has 0 atom stereocenters. The van der Waals surface area contributed by atoms with Crippen molar-refractivity contribution in [3.05, 3.63) is 93.9 Å². The van der Waals surface area contributed by atoms with Gasteiger partial charge in [0.05, 0.1) is 11.4 Å². The van der Waals surface area contributed by atoms with Gasteiger partial charge >= 0.3 is 0 Å². The van der Waals surface area contributed by atoms with E-state index in [9.17, 15) is 14.4 Å². The molecule has 37 heavy (non-hydrogen) atoms. The van der Waals surface area contributed by atoms with E-state index in [2.05, 4.69) is 5.32 Å². The molecule has 3 aromatic carbocycles. The topological polar surface area (TPSA) is 84.9 Å². The fourth-order valence-electron chi connectivity index (χ4n) is 3.70. The predicted octanol–water partition coefficient (Wildman–Crippen LogP) is 5.74. The third kappa shape index (κ3) is 6.80. The summed E-state index contributed by atoms with van der Waals surface area (Å²) in [4.78, 5) is 39.1. The first-order valence-electron chi connectivity index (χ1n) is 11.8. The third-order valence-electron chi connectivity index (χ3n) is 5.73. The van der Waals surface area contributed by atoms with E-state index in [-0.39, 0.29) is 36.8 Å². The van der Waals surface area contributed by atoms with Gasteiger partial charge in [-0.1, -0.05) is 42.5 Å². The summed E-state index contributed by atoms with van der Waals surface area (Å²) in [6, 6.07) is 20.4. The van der Waals surface area contributed by atoms with Gasteiger partial charge in [0.2, 0.25) is 0 Å². The fourth-order valence-corrected chi connectivity index (χ4v) is 4.56. The Labute approximate surface area is 220 Å². The molecular weight excluding hydrogens is 488 g/mol. The number of nitrogens with one attached hydrogen (secondary N) is 1. The van der Waals surface area contributed by atoms with Gasteiger partial charge in [0.25, 0.3) is 17.1 Å². The largest absolute Gasteiger partial charge is 0.491 e. The molecule has 0 spiro atoms. The highest BCUT2D eigenvalue weighted by atomic mass is 32.2. The fraction of sp³-hybridized carbons (Fsp3) is 0.207. The number of aryl methyl sites for hydroxylation is 3. The number of hydrogen-bond donors (Lipinski definition) is 1. The number of imide groups is 1. The Balaban J connectivity index is 1.33. The minimum Gasteiger partial charge on any atom is -0.491 e. The second-order valence-electron chi connectivity index (χ2n) is 8.68. The van der Waals surface area contributed by atoms with Crippen molar-refractivity contribution in [1.82, 2.24) is 4.90 Å². The number of benzene rings is 3. The third-order valence-corrected chi connectivity index (χ3v) is 6.64. The Hall–Kier alpha value is -4.04. The van der Waals surface area contributed by atoms with Crippen molar-refractivity contribution < 1.29 is 23.9 Å². The number of ether oxygens (including phenoxy) is 2. The van der Waals surface area contributed by atoms with Gasteiger partial charge in [0, 0.05) is 5.69 Å². The van der Waals surface area contributed by atoms with Gasteiger partial charge in [-0.05, 0) is 85.1 Å². The van der Waals surface area contributed by atoms with Gasteiger partial charge < -0.3 is 14.8 Å². The van der Waals surface area contributed by atoms with Gasteiger partial charge in [-0.15, -0.1) is 0 Å². The van der Waals surface area contributed by atoms with E-state index < -0.39 is 0 Å². The van der Waals surface area contributed by atoms with Crippen molar-refractivity contribution in [2.24, 2.45) is 0 Å². The summed E-state index contributed by atoms with van der Waals surface area (Å²) >= 11 is 0.893. The van der Waals surface area contributed by atoms with E-state index in [4.69, 9.17) is 9.47 Å². The van der Waals surface area contributed by atoms with Gasteiger partial charge in [0.15, 0.2) is 6.61 Å². The van der Waals surface area contributed by atoms with Crippen molar-refractivity contribution in [2.75, 3.05) is 25.1 Å². The zero-order chi connectivity index (χ0) is 26.4. The number of anilines is 1. The smallest absolute Gasteiger partial charge is 0.293 e. The van der Waals surface area contributed by atoms with Crippen LogP contribution in [-0.4, -0.2) is 41.7 Å². The Morgan fingerprint density at radius 2 is 1.76 bits per heavy atom. The lowest BCUT2D eigenvalue weighted by molar-refractivity contribution is -0.123. The van der Waals surface area contributed by atoms with E-state index in [0.717, 1.165) is 39.9 Å². The number of amides is 3. The maximum absolute atomic E-state index is 12.9. The number of thioether (sulfide) groups is 1. The van der Waals surface area contributed by atoms with Crippen LogP contribution in [0.2, 0.25) is 0 Å². The molecule has 0 saturated carbocycles. The molecule has 0 bridgehead atoms. The summed E-state index contributed by atoms with van der Waals surface area (Å²) in [5, 5.41) is 2.49. The van der Waals surface area contributed by atoms with Crippen LogP contribution in [0.3, 0.4) is 0 Å². The first-order chi connectivity index (χ1) is 17.8. The zero-order valence-electron chi connectivity index (χ0n) is 20.9. The van der Waals surface area contributed by atoms with Crippen LogP contribution in [-0.2, 0) is 9.59 Å². The van der Waals surface area contributed by atoms with Gasteiger partial charge in [-0.25, -0.2) is 0 Å². The second-order valence-corrected chi connectivity index (χ2v) is 9.67. The van der Waals surface area contributed by atoms with Crippen molar-refractivity contribution in [3.63, 3.8) is 0 Å². The molecule has 1 heterocycles. The molecule has 3 aromatic rings. The lowest BCUT2D eigenvalue weighted by Gasteiger charge is -2.14. The summed E-state index contributed by atoms with van der Waals surface area (Å²) < 4.78 is 11.5. The summed E-state index contributed by atoms with van der Waals surface area (Å²) in [6.45, 7) is 6.06. The van der Waals surface area contributed by atoms with Crippen molar-refractivity contribution in [1.29, 1.82) is 0 Å². The van der Waals surface area contributed by atoms with E-state index in [1.807, 2.05) is 63.2 Å². The molecule has 0 aromatic heterocycles. The van der Waals surface area contributed by atoms with Gasteiger partial charge in [-0.2, -0.15) is 0 Å². The maximum atomic E-state index is 12.9. The molecule has 8 heteroatoms. The van der Waals surface area contributed by atoms with Crippen LogP contribution < -0.4 is 14.8 Å². The number of para-hydroxylation sites is 1. The average Bonchev–Trinajstić information content (AvgIpc) is 3.14. The molecule has 3 amide bonds. The monoisotopic (exact) mass is 516 g/mol. The number of carbonyl (C=O) groups excluding carboxylic acids is 3. The standard InChI is InChI=1S/C29H28N2O5S/c1-19-11-12-21(3)25(15-19)35-14-13-31-28(33)26(37-29(31)34)17-22-8-6-9-23(16-22)36-18-27(32)30-24-10-5-4-7-20(24)2/h4-12,15-17H,13-14,18H2,1-3H3,(H,30,32)/b26-17-. The normalized spacial score (nSPS) is 14.2. The van der Waals surface area contributed by atoms with Crippen molar-refractivity contribution in [2.45, 2.75) is 20.8 Å². The highest BCUT2D eigenvalue weighted by Crippen LogP contribution is 2.32. The minimum absolute atomic E-state index is 0.158. The molecule has 0 aliphatic carbocycles. The minimum atomic E-state index is -0.358. The van der Waals surface area contributed by atoms with Crippen LogP contribution in [0, 0.1) is 20.8 Å². The van der Waals surface area contributed by atoms with Crippen LogP contribution >= 0.6 is 11.8 Å². The highest BCUT2D eigenvalue weighted by molar-refractivity contribution is 8.18. The molecule has 1 fully saturated rings. The van der Waals surface area contributed by atoms with Crippen LogP contribution in [0.25, 0.3) is 6.08 Å². The van der Waals surface area contributed by atoms with E-state index in [0.29, 0.717) is 16.2 Å². The molecule has 7 nitrogen and oxygen atoms in total. The van der Waals surface area contributed by atoms with E-state index >= 15 is 0 Å². The number of nitrogens with zero attached hydrogens (tertiary/aromatic N) is 1. The zero-order valence-corrected chi connectivity index (χ0v) is 21.8. The average molecular weight is 517 g/mol. The molecule has 1 N–H and O–H groups in total. The number of hydrogen-bond acceptors (Lipinski definition) is 6. The highest BCUT2D eigenvalue weighted by Gasteiger charge is 2.34. The molecule has 1 aliphatic rings. The molecular formula is C29H28N2O5S. The van der Waals surface area contributed by atoms with Crippen LogP contribution in [0.15, 0.2) is 71.6 Å². The maximum Gasteiger partial charge on any atom is 0.293 e. The summed E-state index contributed by atoms with van der Waals surface area (Å²) in [5.74, 6) is 0.592. The first-order valence-corrected chi connectivity index (χ1v) is 12.7. The summed E-state index contributed by atoms with van der Waals surface area (Å²) in [5.41, 5.74) is 4.46. The van der Waals surface area contributed by atoms with Crippen molar-refractivity contribution in [3.8, 4) is 11.5 Å². The second kappa shape index (κ2) is 11.8. The SMILES string of the molecule is Cc1ccc(C)c(OCCN2C(=O)S/C(=C\c3cccc(OCC(=O)Nc4ccccc4C)c3)C2=O)c1. The Bertz CT molecular complexity index is 1370. The predicted molar refractivity (Wildman–Crippen MR) is 146 cm³/mol. The Kier molecular flexibility index (Phi) is 8.30. The van der Waals surface area contributed by atoms with Crippen LogP contribution in [0.4, 0.5) is 10.5 Å². The lowest BCUT2D eigenvalue weighted by Crippen LogP contribution is -2.32. The van der Waals surface area contributed by atoms with Gasteiger partial charge in [-0.3, -0.25) is 19.3 Å². The summed E-state index contributed by atoms with van der Waals surface area (Å²) in [7, 11) is 0. The number of rotatable bonds is 9. The quantitative estimate of drug-likeness (QED) is 0.365. The lowest BCUT2D eigenvalue weighted by atomic mass is 10.1. The van der Waals surface area contributed by atoms with Crippen LogP contribution in [0.1, 0.15) is 22.3 Å². The molecule has 1 saturated heterocycles.